The number of aryl methyl sites for hydroxylation is 1. The molecule has 2 fully saturated rings. The van der Waals surface area contributed by atoms with Crippen LogP contribution in [-0.2, 0) is 6.42 Å². The third kappa shape index (κ3) is 4.53. The SMILES string of the molecule is Cc1ccnc(N2CCN(C(=O)c3ccc(CC4CCCNC4)cc3)CC2)c1. The Balaban J connectivity index is 1.32. The first kappa shape index (κ1) is 18.9. The maximum atomic E-state index is 12.9. The average molecular weight is 379 g/mol. The minimum absolute atomic E-state index is 0.141. The average Bonchev–Trinajstić information content (AvgIpc) is 2.75. The van der Waals surface area contributed by atoms with Crippen molar-refractivity contribution in [3.05, 3.63) is 59.3 Å². The van der Waals surface area contributed by atoms with Crippen LogP contribution in [0.2, 0.25) is 0 Å². The van der Waals surface area contributed by atoms with Crippen molar-refractivity contribution < 1.29 is 4.79 Å². The van der Waals surface area contributed by atoms with Gasteiger partial charge in [0, 0.05) is 37.9 Å². The topological polar surface area (TPSA) is 48.5 Å². The summed E-state index contributed by atoms with van der Waals surface area (Å²) in [5.41, 5.74) is 3.35. The van der Waals surface area contributed by atoms with E-state index < -0.39 is 0 Å². The Morgan fingerprint density at radius 3 is 2.61 bits per heavy atom. The molecule has 1 amide bonds. The zero-order chi connectivity index (χ0) is 19.3. The molecule has 0 radical (unpaired) electrons. The first-order valence-corrected chi connectivity index (χ1v) is 10.5. The first-order valence-electron chi connectivity index (χ1n) is 10.5. The van der Waals surface area contributed by atoms with Gasteiger partial charge in [0.2, 0.25) is 0 Å². The van der Waals surface area contributed by atoms with Gasteiger partial charge in [-0.3, -0.25) is 4.79 Å². The van der Waals surface area contributed by atoms with E-state index in [4.69, 9.17) is 0 Å². The Labute approximate surface area is 167 Å². The Morgan fingerprint density at radius 2 is 1.93 bits per heavy atom. The highest BCUT2D eigenvalue weighted by molar-refractivity contribution is 5.94. The molecule has 1 unspecified atom stereocenters. The summed E-state index contributed by atoms with van der Waals surface area (Å²) >= 11 is 0. The molecule has 4 rings (SSSR count). The zero-order valence-electron chi connectivity index (χ0n) is 16.7. The summed E-state index contributed by atoms with van der Waals surface area (Å²) in [5, 5.41) is 3.48. The van der Waals surface area contributed by atoms with Crippen LogP contribution in [0.5, 0.6) is 0 Å². The lowest BCUT2D eigenvalue weighted by Crippen LogP contribution is -2.49. The van der Waals surface area contributed by atoms with E-state index in [2.05, 4.69) is 40.3 Å². The largest absolute Gasteiger partial charge is 0.353 e. The van der Waals surface area contributed by atoms with Gasteiger partial charge in [0.1, 0.15) is 5.82 Å². The number of piperazine rings is 1. The van der Waals surface area contributed by atoms with Crippen LogP contribution in [0.4, 0.5) is 5.82 Å². The van der Waals surface area contributed by atoms with Crippen molar-refractivity contribution in [1.82, 2.24) is 15.2 Å². The van der Waals surface area contributed by atoms with E-state index in [-0.39, 0.29) is 5.91 Å². The second-order valence-corrected chi connectivity index (χ2v) is 8.08. The maximum Gasteiger partial charge on any atom is 0.253 e. The molecule has 0 bridgehead atoms. The summed E-state index contributed by atoms with van der Waals surface area (Å²) < 4.78 is 0. The van der Waals surface area contributed by atoms with Gasteiger partial charge in [-0.15, -0.1) is 0 Å². The van der Waals surface area contributed by atoms with Crippen molar-refractivity contribution in [3.63, 3.8) is 0 Å². The van der Waals surface area contributed by atoms with E-state index in [1.54, 1.807) is 0 Å². The molecule has 148 valence electrons. The summed E-state index contributed by atoms with van der Waals surface area (Å²) in [6.07, 6.45) is 5.52. The molecule has 3 heterocycles. The van der Waals surface area contributed by atoms with Crippen LogP contribution in [0.1, 0.15) is 34.3 Å². The van der Waals surface area contributed by atoms with E-state index in [1.807, 2.05) is 29.3 Å². The number of carbonyl (C=O) groups excluding carboxylic acids is 1. The summed E-state index contributed by atoms with van der Waals surface area (Å²) in [5.74, 6) is 1.87. The number of nitrogens with one attached hydrogen (secondary N) is 1. The normalized spacial score (nSPS) is 20.2. The van der Waals surface area contributed by atoms with Gasteiger partial charge in [-0.25, -0.2) is 4.98 Å². The Kier molecular flexibility index (Phi) is 5.91. The van der Waals surface area contributed by atoms with Crippen molar-refractivity contribution in [2.24, 2.45) is 5.92 Å². The van der Waals surface area contributed by atoms with Crippen molar-refractivity contribution in [3.8, 4) is 0 Å². The number of anilines is 1. The summed E-state index contributed by atoms with van der Waals surface area (Å²) in [6.45, 7) is 7.48. The number of carbonyl (C=O) groups is 1. The summed E-state index contributed by atoms with van der Waals surface area (Å²) in [6, 6.07) is 12.4. The number of piperidine rings is 1. The van der Waals surface area contributed by atoms with Gasteiger partial charge in [-0.2, -0.15) is 0 Å². The minimum atomic E-state index is 0.141. The van der Waals surface area contributed by atoms with Gasteiger partial charge in [-0.05, 0) is 80.6 Å². The van der Waals surface area contributed by atoms with Crippen molar-refractivity contribution >= 4 is 11.7 Å². The van der Waals surface area contributed by atoms with Crippen LogP contribution in [0, 0.1) is 12.8 Å². The molecular weight excluding hydrogens is 348 g/mol. The number of rotatable bonds is 4. The third-order valence-electron chi connectivity index (χ3n) is 5.92. The molecule has 0 spiro atoms. The second kappa shape index (κ2) is 8.74. The van der Waals surface area contributed by atoms with Gasteiger partial charge >= 0.3 is 0 Å². The minimum Gasteiger partial charge on any atom is -0.353 e. The fourth-order valence-electron chi connectivity index (χ4n) is 4.23. The molecule has 0 aliphatic carbocycles. The van der Waals surface area contributed by atoms with Gasteiger partial charge in [0.25, 0.3) is 5.91 Å². The molecule has 1 atom stereocenters. The van der Waals surface area contributed by atoms with Crippen molar-refractivity contribution in [2.45, 2.75) is 26.2 Å². The summed E-state index contributed by atoms with van der Waals surface area (Å²) in [4.78, 5) is 21.6. The highest BCUT2D eigenvalue weighted by Crippen LogP contribution is 2.19. The highest BCUT2D eigenvalue weighted by atomic mass is 16.2. The lowest BCUT2D eigenvalue weighted by atomic mass is 9.92. The predicted octanol–water partition coefficient (Wildman–Crippen LogP) is 2.89. The van der Waals surface area contributed by atoms with E-state index in [0.717, 1.165) is 63.0 Å². The van der Waals surface area contributed by atoms with Crippen molar-refractivity contribution in [1.29, 1.82) is 0 Å². The fourth-order valence-corrected chi connectivity index (χ4v) is 4.23. The number of hydrogen-bond donors (Lipinski definition) is 1. The van der Waals surface area contributed by atoms with E-state index in [0.29, 0.717) is 0 Å². The lowest BCUT2D eigenvalue weighted by Gasteiger charge is -2.35. The van der Waals surface area contributed by atoms with Gasteiger partial charge in [0.15, 0.2) is 0 Å². The third-order valence-corrected chi connectivity index (χ3v) is 5.92. The smallest absolute Gasteiger partial charge is 0.253 e. The zero-order valence-corrected chi connectivity index (χ0v) is 16.7. The molecule has 2 saturated heterocycles. The standard InChI is InChI=1S/C23H30N4O/c1-18-8-10-25-22(15-18)26-11-13-27(14-12-26)23(28)21-6-4-19(5-7-21)16-20-3-2-9-24-17-20/h4-8,10,15,20,24H,2-3,9,11-14,16-17H2,1H3. The summed E-state index contributed by atoms with van der Waals surface area (Å²) in [7, 11) is 0. The first-order chi connectivity index (χ1) is 13.7. The molecule has 1 N–H and O–H groups in total. The van der Waals surface area contributed by atoms with Gasteiger partial charge in [-0.1, -0.05) is 12.1 Å². The van der Waals surface area contributed by atoms with Crippen LogP contribution in [0.3, 0.4) is 0 Å². The monoisotopic (exact) mass is 378 g/mol. The van der Waals surface area contributed by atoms with E-state index in [1.165, 1.54) is 24.0 Å². The van der Waals surface area contributed by atoms with Gasteiger partial charge in [0.05, 0.1) is 0 Å². The number of hydrogen-bond acceptors (Lipinski definition) is 4. The lowest BCUT2D eigenvalue weighted by molar-refractivity contribution is 0.0746. The number of pyridine rings is 1. The predicted molar refractivity (Wildman–Crippen MR) is 113 cm³/mol. The second-order valence-electron chi connectivity index (χ2n) is 8.08. The number of benzene rings is 1. The van der Waals surface area contributed by atoms with Crippen LogP contribution in [0.25, 0.3) is 0 Å². The van der Waals surface area contributed by atoms with Crippen LogP contribution < -0.4 is 10.2 Å². The molecule has 1 aromatic heterocycles. The molecular formula is C23H30N4O. The molecule has 2 aromatic rings. The number of amides is 1. The van der Waals surface area contributed by atoms with Crippen molar-refractivity contribution in [2.75, 3.05) is 44.2 Å². The van der Waals surface area contributed by atoms with Crippen LogP contribution in [0.15, 0.2) is 42.6 Å². The molecule has 5 heteroatoms. The molecule has 5 nitrogen and oxygen atoms in total. The Morgan fingerprint density at radius 1 is 1.14 bits per heavy atom. The maximum absolute atomic E-state index is 12.9. The molecule has 1 aromatic carbocycles. The molecule has 0 saturated carbocycles. The van der Waals surface area contributed by atoms with Crippen LogP contribution in [-0.4, -0.2) is 55.1 Å². The quantitative estimate of drug-likeness (QED) is 0.889. The Bertz CT molecular complexity index is 791. The molecule has 2 aliphatic heterocycles. The highest BCUT2D eigenvalue weighted by Gasteiger charge is 2.23. The fraction of sp³-hybridized carbons (Fsp3) is 0.478. The van der Waals surface area contributed by atoms with E-state index in [9.17, 15) is 4.79 Å². The van der Waals surface area contributed by atoms with E-state index >= 15 is 0 Å². The van der Waals surface area contributed by atoms with Gasteiger partial charge < -0.3 is 15.1 Å². The van der Waals surface area contributed by atoms with Crippen LogP contribution >= 0.6 is 0 Å². The number of nitrogens with zero attached hydrogens (tertiary/aromatic N) is 3. The molecule has 2 aliphatic rings. The number of aromatic nitrogens is 1. The Hall–Kier alpha value is -2.40. The molecule has 28 heavy (non-hydrogen) atoms.